The van der Waals surface area contributed by atoms with Crippen molar-refractivity contribution in [2.75, 3.05) is 20.1 Å². The fourth-order valence-corrected chi connectivity index (χ4v) is 4.93. The minimum Gasteiger partial charge on any atom is -0.333 e. The van der Waals surface area contributed by atoms with Crippen LogP contribution in [0.4, 0.5) is 9.18 Å². The summed E-state index contributed by atoms with van der Waals surface area (Å²) in [6.07, 6.45) is 0.565. The predicted molar refractivity (Wildman–Crippen MR) is 129 cm³/mol. The highest BCUT2D eigenvalue weighted by molar-refractivity contribution is 6.30. The lowest BCUT2D eigenvalue weighted by Gasteiger charge is -2.54. The van der Waals surface area contributed by atoms with Gasteiger partial charge in [0.2, 0.25) is 11.8 Å². The molecular weight excluding hydrogens is 473 g/mol. The summed E-state index contributed by atoms with van der Waals surface area (Å²) in [5.41, 5.74) is 1.62. The third-order valence-corrected chi connectivity index (χ3v) is 6.56. The van der Waals surface area contributed by atoms with Crippen molar-refractivity contribution in [1.82, 2.24) is 25.1 Å². The molecule has 2 aliphatic rings. The van der Waals surface area contributed by atoms with E-state index in [4.69, 9.17) is 11.6 Å². The number of rotatable bonds is 6. The number of benzene rings is 2. The van der Waals surface area contributed by atoms with E-state index in [1.807, 2.05) is 19.1 Å². The number of carbonyl (C=O) groups is 3. The number of carbonyl (C=O) groups excluding carboxylic acids is 3. The third kappa shape index (κ3) is 5.41. The number of nitrogens with one attached hydrogen (secondary N) is 1. The summed E-state index contributed by atoms with van der Waals surface area (Å²) >= 11 is 6.14. The number of hydrogen-bond acceptors (Lipinski definition) is 4. The van der Waals surface area contributed by atoms with Crippen molar-refractivity contribution in [3.05, 3.63) is 70.5 Å². The van der Waals surface area contributed by atoms with E-state index < -0.39 is 18.2 Å². The maximum absolute atomic E-state index is 13.4. The van der Waals surface area contributed by atoms with Crippen molar-refractivity contribution in [3.63, 3.8) is 0 Å². The maximum atomic E-state index is 13.4. The number of fused-ring (bicyclic) bond motifs is 1. The molecule has 2 aromatic rings. The number of amides is 4. The van der Waals surface area contributed by atoms with E-state index in [1.54, 1.807) is 46.1 Å². The molecule has 35 heavy (non-hydrogen) atoms. The SMILES string of the molecule is CCC[C@H]1C(=O)N(Cc2cccc(Cl)c2)C[C@H]2N1C(=O)CN(C)N2C(=O)NCc1ccc(F)cc1. The summed E-state index contributed by atoms with van der Waals surface area (Å²) in [4.78, 5) is 43.1. The molecule has 0 spiro atoms. The van der Waals surface area contributed by atoms with Crippen LogP contribution in [-0.4, -0.2) is 70.0 Å². The van der Waals surface area contributed by atoms with Gasteiger partial charge >= 0.3 is 6.03 Å². The van der Waals surface area contributed by atoms with Crippen molar-refractivity contribution in [1.29, 1.82) is 0 Å². The molecule has 2 heterocycles. The number of piperazine rings is 1. The molecule has 1 N–H and O–H groups in total. The number of hydrogen-bond donors (Lipinski definition) is 1. The molecule has 2 atom stereocenters. The second kappa shape index (κ2) is 10.6. The van der Waals surface area contributed by atoms with E-state index in [0.717, 1.165) is 11.1 Å². The van der Waals surface area contributed by atoms with Crippen LogP contribution in [0.1, 0.15) is 30.9 Å². The molecule has 4 rings (SSSR count). The van der Waals surface area contributed by atoms with Gasteiger partial charge in [0.15, 0.2) is 0 Å². The third-order valence-electron chi connectivity index (χ3n) is 6.33. The van der Waals surface area contributed by atoms with Gasteiger partial charge in [-0.3, -0.25) is 9.59 Å². The lowest BCUT2D eigenvalue weighted by molar-refractivity contribution is -0.188. The minimum absolute atomic E-state index is 0.0117. The zero-order chi connectivity index (χ0) is 25.1. The summed E-state index contributed by atoms with van der Waals surface area (Å²) in [5, 5.41) is 6.53. The molecule has 0 aliphatic carbocycles. The van der Waals surface area contributed by atoms with Crippen LogP contribution in [0.3, 0.4) is 0 Å². The second-order valence-electron chi connectivity index (χ2n) is 8.88. The summed E-state index contributed by atoms with van der Waals surface area (Å²) < 4.78 is 13.2. The van der Waals surface area contributed by atoms with Gasteiger partial charge in [-0.1, -0.05) is 49.2 Å². The Morgan fingerprint density at radius 1 is 1.14 bits per heavy atom. The number of hydrazine groups is 1. The first-order chi connectivity index (χ1) is 16.8. The van der Waals surface area contributed by atoms with Crippen molar-refractivity contribution in [3.8, 4) is 0 Å². The van der Waals surface area contributed by atoms with Gasteiger partial charge in [-0.25, -0.2) is 19.2 Å². The van der Waals surface area contributed by atoms with Crippen molar-refractivity contribution < 1.29 is 18.8 Å². The van der Waals surface area contributed by atoms with E-state index in [2.05, 4.69) is 5.32 Å². The molecule has 186 valence electrons. The molecule has 2 fully saturated rings. The normalized spacial score (nSPS) is 20.7. The molecule has 0 saturated carbocycles. The largest absolute Gasteiger partial charge is 0.334 e. The van der Waals surface area contributed by atoms with Crippen LogP contribution in [-0.2, 0) is 22.7 Å². The summed E-state index contributed by atoms with van der Waals surface area (Å²) in [6.45, 7) is 2.65. The van der Waals surface area contributed by atoms with Crippen LogP contribution in [0.15, 0.2) is 48.5 Å². The van der Waals surface area contributed by atoms with Gasteiger partial charge < -0.3 is 15.1 Å². The second-order valence-corrected chi connectivity index (χ2v) is 9.32. The van der Waals surface area contributed by atoms with Gasteiger partial charge in [0.1, 0.15) is 18.0 Å². The van der Waals surface area contributed by atoms with Crippen LogP contribution in [0, 0.1) is 5.82 Å². The highest BCUT2D eigenvalue weighted by atomic mass is 35.5. The smallest absolute Gasteiger partial charge is 0.333 e. The summed E-state index contributed by atoms with van der Waals surface area (Å²) in [5.74, 6) is -0.666. The quantitative estimate of drug-likeness (QED) is 0.659. The van der Waals surface area contributed by atoms with E-state index in [-0.39, 0.29) is 37.3 Å². The van der Waals surface area contributed by atoms with Gasteiger partial charge in [-0.15, -0.1) is 0 Å². The van der Waals surface area contributed by atoms with Crippen molar-refractivity contribution in [2.45, 2.75) is 45.1 Å². The molecule has 10 heteroatoms. The first-order valence-corrected chi connectivity index (χ1v) is 12.0. The topological polar surface area (TPSA) is 76.2 Å². The fourth-order valence-electron chi connectivity index (χ4n) is 4.71. The number of halogens is 2. The first kappa shape index (κ1) is 24.9. The Morgan fingerprint density at radius 2 is 1.89 bits per heavy atom. The average Bonchev–Trinajstić information content (AvgIpc) is 2.81. The lowest BCUT2D eigenvalue weighted by atomic mass is 10.0. The Kier molecular flexibility index (Phi) is 7.57. The highest BCUT2D eigenvalue weighted by Crippen LogP contribution is 2.29. The van der Waals surface area contributed by atoms with Gasteiger partial charge in [-0.2, -0.15) is 0 Å². The molecule has 4 amide bonds. The lowest BCUT2D eigenvalue weighted by Crippen LogP contribution is -2.75. The molecule has 2 aromatic carbocycles. The Bertz CT molecular complexity index is 1100. The minimum atomic E-state index is -0.650. The van der Waals surface area contributed by atoms with Gasteiger partial charge in [0.05, 0.1) is 13.1 Å². The molecular formula is C25H29ClFN5O3. The monoisotopic (exact) mass is 501 g/mol. The standard InChI is InChI=1S/C25H29ClFN5O3/c1-3-5-21-24(34)30(14-18-6-4-7-19(26)12-18)15-22-31(21)23(33)16-29(2)32(22)25(35)28-13-17-8-10-20(27)11-9-17/h4,6-12,21-22H,3,5,13-16H2,1-2H3,(H,28,35)/t21-,22-/m0/s1. The van der Waals surface area contributed by atoms with Crippen molar-refractivity contribution in [2.24, 2.45) is 0 Å². The summed E-state index contributed by atoms with van der Waals surface area (Å²) in [7, 11) is 1.68. The van der Waals surface area contributed by atoms with Crippen LogP contribution in [0.5, 0.6) is 0 Å². The van der Waals surface area contributed by atoms with Crippen LogP contribution >= 0.6 is 11.6 Å². The van der Waals surface area contributed by atoms with Gasteiger partial charge in [0.25, 0.3) is 0 Å². The fraction of sp³-hybridized carbons (Fsp3) is 0.400. The first-order valence-electron chi connectivity index (χ1n) is 11.7. The molecule has 8 nitrogen and oxygen atoms in total. The Hall–Kier alpha value is -3.17. The zero-order valence-electron chi connectivity index (χ0n) is 19.8. The molecule has 0 bridgehead atoms. The van der Waals surface area contributed by atoms with Gasteiger partial charge in [-0.05, 0) is 41.8 Å². The Morgan fingerprint density at radius 3 is 2.57 bits per heavy atom. The number of likely N-dealkylation sites (N-methyl/N-ethyl adjacent to an activating group) is 1. The van der Waals surface area contributed by atoms with E-state index >= 15 is 0 Å². The van der Waals surface area contributed by atoms with Crippen LogP contribution < -0.4 is 5.32 Å². The summed E-state index contributed by atoms with van der Waals surface area (Å²) in [6, 6.07) is 12.1. The Balaban J connectivity index is 1.58. The van der Waals surface area contributed by atoms with Crippen molar-refractivity contribution >= 4 is 29.4 Å². The molecule has 0 unspecified atom stereocenters. The maximum Gasteiger partial charge on any atom is 0.334 e. The highest BCUT2D eigenvalue weighted by Gasteiger charge is 2.50. The molecule has 0 radical (unpaired) electrons. The van der Waals surface area contributed by atoms with Crippen LogP contribution in [0.2, 0.25) is 5.02 Å². The average molecular weight is 502 g/mol. The van der Waals surface area contributed by atoms with Gasteiger partial charge in [0, 0.05) is 25.2 Å². The van der Waals surface area contributed by atoms with E-state index in [0.29, 0.717) is 24.4 Å². The predicted octanol–water partition coefficient (Wildman–Crippen LogP) is 3.22. The van der Waals surface area contributed by atoms with Crippen LogP contribution in [0.25, 0.3) is 0 Å². The molecule has 2 aliphatic heterocycles. The molecule has 2 saturated heterocycles. The van der Waals surface area contributed by atoms with E-state index in [9.17, 15) is 18.8 Å². The molecule has 0 aromatic heterocycles. The number of urea groups is 1. The Labute approximate surface area is 209 Å². The zero-order valence-corrected chi connectivity index (χ0v) is 20.5. The van der Waals surface area contributed by atoms with E-state index in [1.165, 1.54) is 17.1 Å². The number of nitrogens with zero attached hydrogens (tertiary/aromatic N) is 4.